The van der Waals surface area contributed by atoms with Crippen molar-refractivity contribution in [2.45, 2.75) is 12.5 Å². The molecule has 0 saturated carbocycles. The number of carbonyl (C=O) groups is 1. The Balaban J connectivity index is 2.31. The fraction of sp³-hybridized carbons (Fsp3) is 0.125. The number of nitrogens with zero attached hydrogens (tertiary/aromatic N) is 1. The van der Waals surface area contributed by atoms with Crippen LogP contribution >= 0.6 is 90.4 Å². The van der Waals surface area contributed by atoms with Crippen molar-refractivity contribution in [2.24, 2.45) is 4.99 Å². The Morgan fingerprint density at radius 2 is 1.60 bits per heavy atom. The molecule has 9 heteroatoms. The Hall–Kier alpha value is 0.1000. The molecular weight excluding hydrogens is 778 g/mol. The lowest BCUT2D eigenvalue weighted by Gasteiger charge is -2.14. The van der Waals surface area contributed by atoms with Crippen LogP contribution in [0, 0.1) is 14.3 Å². The Morgan fingerprint density at radius 3 is 2.04 bits per heavy atom. The first-order chi connectivity index (χ1) is 11.7. The third-order valence-corrected chi connectivity index (χ3v) is 6.45. The molecule has 0 aromatic heterocycles. The molecule has 2 N–H and O–H groups in total. The summed E-state index contributed by atoms with van der Waals surface area (Å²) in [5.41, 5.74) is 0.857. The molecule has 1 atom stereocenters. The van der Waals surface area contributed by atoms with Crippen LogP contribution in [0.25, 0.3) is 0 Å². The molecule has 2 aromatic rings. The summed E-state index contributed by atoms with van der Waals surface area (Å²) >= 11 is 8.43. The van der Waals surface area contributed by atoms with E-state index >= 15 is 0 Å². The zero-order valence-corrected chi connectivity index (χ0v) is 21.1. The van der Waals surface area contributed by atoms with Gasteiger partial charge in [-0.15, -0.1) is 0 Å². The fourth-order valence-electron chi connectivity index (χ4n) is 2.00. The van der Waals surface area contributed by atoms with Gasteiger partial charge in [0.1, 0.15) is 11.5 Å². The molecule has 0 aliphatic heterocycles. The van der Waals surface area contributed by atoms with Gasteiger partial charge in [-0.25, -0.2) is 4.79 Å². The highest BCUT2D eigenvalue weighted by Gasteiger charge is 2.18. The van der Waals surface area contributed by atoms with E-state index in [4.69, 9.17) is 9.84 Å². The minimum atomic E-state index is -0.992. The van der Waals surface area contributed by atoms with E-state index in [9.17, 15) is 9.90 Å². The van der Waals surface area contributed by atoms with E-state index in [1.807, 2.05) is 12.1 Å². The summed E-state index contributed by atoms with van der Waals surface area (Å²) in [6, 6.07) is 6.43. The quantitative estimate of drug-likeness (QED) is 0.308. The van der Waals surface area contributed by atoms with Gasteiger partial charge in [0.25, 0.3) is 0 Å². The molecule has 0 aliphatic carbocycles. The molecule has 2 aromatic carbocycles. The molecule has 25 heavy (non-hydrogen) atoms. The Labute approximate surface area is 199 Å². The van der Waals surface area contributed by atoms with Crippen LogP contribution < -0.4 is 4.74 Å². The molecule has 0 heterocycles. The van der Waals surface area contributed by atoms with Gasteiger partial charge in [-0.1, -0.05) is 0 Å². The average molecular weight is 789 g/mol. The number of hydrogen-bond acceptors (Lipinski definition) is 4. The van der Waals surface area contributed by atoms with E-state index < -0.39 is 12.0 Å². The predicted molar refractivity (Wildman–Crippen MR) is 130 cm³/mol. The number of aliphatic carboxylic acids is 1. The van der Waals surface area contributed by atoms with Gasteiger partial charge >= 0.3 is 5.97 Å². The topological polar surface area (TPSA) is 79.1 Å². The van der Waals surface area contributed by atoms with Crippen molar-refractivity contribution in [1.29, 1.82) is 0 Å². The van der Waals surface area contributed by atoms with Crippen LogP contribution in [0.15, 0.2) is 29.3 Å². The number of carboxylic acid groups (broad SMARTS) is 1. The summed E-state index contributed by atoms with van der Waals surface area (Å²) in [5, 5.41) is 19.0. The summed E-state index contributed by atoms with van der Waals surface area (Å²) in [7, 11) is 0. The van der Waals surface area contributed by atoms with Gasteiger partial charge in [0.2, 0.25) is 0 Å². The summed E-state index contributed by atoms with van der Waals surface area (Å²) < 4.78 is 9.16. The van der Waals surface area contributed by atoms with Crippen molar-refractivity contribution in [3.05, 3.63) is 44.1 Å². The number of ether oxygens (including phenoxy) is 1. The Bertz CT molecular complexity index is 795. The largest absolute Gasteiger partial charge is 0.506 e. The third kappa shape index (κ3) is 5.54. The Kier molecular flexibility index (Phi) is 8.00. The summed E-state index contributed by atoms with van der Waals surface area (Å²) in [5.74, 6) is 0.575. The summed E-state index contributed by atoms with van der Waals surface area (Å²) in [6.07, 6.45) is 0.278. The predicted octanol–water partition coefficient (Wildman–Crippen LogP) is 5.30. The van der Waals surface area contributed by atoms with Crippen molar-refractivity contribution < 1.29 is 19.7 Å². The molecule has 0 fully saturated rings. The number of aromatic hydroxyl groups is 1. The van der Waals surface area contributed by atoms with E-state index in [0.717, 1.165) is 12.7 Å². The lowest BCUT2D eigenvalue weighted by Crippen LogP contribution is -2.20. The number of aliphatic imine (C=N–C) groups is 1. The van der Waals surface area contributed by atoms with Crippen LogP contribution in [-0.4, -0.2) is 28.9 Å². The van der Waals surface area contributed by atoms with Gasteiger partial charge in [0.15, 0.2) is 11.8 Å². The lowest BCUT2D eigenvalue weighted by atomic mass is 10.1. The van der Waals surface area contributed by atoms with Crippen LogP contribution in [0.1, 0.15) is 5.56 Å². The maximum absolute atomic E-state index is 11.1. The normalized spacial score (nSPS) is 11.8. The number of halogens is 4. The zero-order chi connectivity index (χ0) is 18.7. The van der Waals surface area contributed by atoms with Gasteiger partial charge in [-0.3, -0.25) is 4.99 Å². The first kappa shape index (κ1) is 21.4. The van der Waals surface area contributed by atoms with Crippen LogP contribution in [0.2, 0.25) is 0 Å². The smallest absolute Gasteiger partial charge is 0.328 e. The van der Waals surface area contributed by atoms with Crippen LogP contribution in [-0.2, 0) is 11.2 Å². The molecule has 0 radical (unpaired) electrons. The highest BCUT2D eigenvalue weighted by Crippen LogP contribution is 2.37. The van der Waals surface area contributed by atoms with Gasteiger partial charge in [-0.05, 0) is 127 Å². The molecule has 132 valence electrons. The van der Waals surface area contributed by atoms with Crippen LogP contribution in [0.3, 0.4) is 0 Å². The lowest BCUT2D eigenvalue weighted by molar-refractivity contribution is -0.138. The highest BCUT2D eigenvalue weighted by molar-refractivity contribution is 14.1. The zero-order valence-electron chi connectivity index (χ0n) is 12.5. The van der Waals surface area contributed by atoms with E-state index in [1.165, 1.54) is 0 Å². The summed E-state index contributed by atoms with van der Waals surface area (Å²) in [4.78, 5) is 14.8. The maximum Gasteiger partial charge on any atom is 0.328 e. The maximum atomic E-state index is 11.1. The molecule has 2 rings (SSSR count). The number of phenolic OH excluding ortho intramolecular Hbond substituents is 1. The standard InChI is InChI=1S/C16H11I4NO4/c1-21-13(16(23)24)4-7-2-11(19)15(12(20)3-7)25-8-5-9(17)14(22)10(18)6-8/h2-3,5-6,13,22H,1,4H2,(H,23,24). The van der Waals surface area contributed by atoms with E-state index in [2.05, 4.69) is 102 Å². The monoisotopic (exact) mass is 789 g/mol. The minimum absolute atomic E-state index is 0.241. The van der Waals surface area contributed by atoms with E-state index in [0.29, 0.717) is 18.6 Å². The second-order valence-electron chi connectivity index (χ2n) is 4.97. The molecule has 5 nitrogen and oxygen atoms in total. The average Bonchev–Trinajstić information content (AvgIpc) is 2.53. The molecule has 0 saturated heterocycles. The van der Waals surface area contributed by atoms with Gasteiger partial charge < -0.3 is 14.9 Å². The number of carboxylic acids is 1. The van der Waals surface area contributed by atoms with Crippen molar-refractivity contribution in [1.82, 2.24) is 0 Å². The minimum Gasteiger partial charge on any atom is -0.506 e. The molecule has 0 spiro atoms. The van der Waals surface area contributed by atoms with Crippen LogP contribution in [0.5, 0.6) is 17.2 Å². The number of hydrogen-bond donors (Lipinski definition) is 2. The third-order valence-electron chi connectivity index (χ3n) is 3.20. The number of rotatable bonds is 6. The van der Waals surface area contributed by atoms with Gasteiger partial charge in [0, 0.05) is 6.42 Å². The molecule has 1 unspecified atom stereocenters. The van der Waals surface area contributed by atoms with Gasteiger partial charge in [0.05, 0.1) is 14.3 Å². The SMILES string of the molecule is C=NC(Cc1cc(I)c(Oc2cc(I)c(O)c(I)c2)c(I)c1)C(=O)O. The first-order valence-electron chi connectivity index (χ1n) is 6.75. The van der Waals surface area contributed by atoms with Crippen molar-refractivity contribution in [3.8, 4) is 17.2 Å². The fourth-order valence-corrected chi connectivity index (χ4v) is 5.83. The van der Waals surface area contributed by atoms with Crippen molar-refractivity contribution >= 4 is 103 Å². The van der Waals surface area contributed by atoms with Crippen molar-refractivity contribution in [3.63, 3.8) is 0 Å². The van der Waals surface area contributed by atoms with Crippen molar-refractivity contribution in [2.75, 3.05) is 0 Å². The van der Waals surface area contributed by atoms with E-state index in [1.54, 1.807) is 12.1 Å². The molecular formula is C16H11I4NO4. The molecule has 0 bridgehead atoms. The van der Waals surface area contributed by atoms with E-state index in [-0.39, 0.29) is 12.2 Å². The first-order valence-corrected chi connectivity index (χ1v) is 11.1. The number of benzene rings is 2. The Morgan fingerprint density at radius 1 is 1.08 bits per heavy atom. The number of phenols is 1. The second-order valence-corrected chi connectivity index (χ2v) is 9.62. The molecule has 0 aliphatic rings. The van der Waals surface area contributed by atoms with Crippen LogP contribution in [0.4, 0.5) is 0 Å². The van der Waals surface area contributed by atoms with Gasteiger partial charge in [-0.2, -0.15) is 0 Å². The highest BCUT2D eigenvalue weighted by atomic mass is 127. The second kappa shape index (κ2) is 9.34. The molecule has 0 amide bonds. The summed E-state index contributed by atoms with van der Waals surface area (Å²) in [6.45, 7) is 3.34.